The molecule has 0 radical (unpaired) electrons. The number of methoxy groups -OCH3 is 2. The molecule has 92 valence electrons. The van der Waals surface area contributed by atoms with Crippen LogP contribution in [0.2, 0.25) is 0 Å². The van der Waals surface area contributed by atoms with Crippen LogP contribution in [0, 0.1) is 11.8 Å². The van der Waals surface area contributed by atoms with Crippen LogP contribution in [-0.4, -0.2) is 20.3 Å². The minimum absolute atomic E-state index is 0.0770. The van der Waals surface area contributed by atoms with E-state index in [1.807, 2.05) is 18.2 Å². The molecule has 3 heteroatoms. The average Bonchev–Trinajstić information content (AvgIpc) is 2.36. The van der Waals surface area contributed by atoms with Crippen molar-refractivity contribution < 1.29 is 9.47 Å². The Kier molecular flexibility index (Phi) is 5.38. The van der Waals surface area contributed by atoms with Gasteiger partial charge in [0.05, 0.1) is 25.8 Å². The van der Waals surface area contributed by atoms with Gasteiger partial charge in [-0.3, -0.25) is 0 Å². The van der Waals surface area contributed by atoms with Crippen LogP contribution in [0.5, 0.6) is 11.5 Å². The number of benzene rings is 1. The zero-order valence-corrected chi connectivity index (χ0v) is 10.6. The van der Waals surface area contributed by atoms with Gasteiger partial charge in [0.15, 0.2) is 0 Å². The lowest BCUT2D eigenvalue weighted by atomic mass is 10.1. The molecule has 1 rings (SSSR count). The van der Waals surface area contributed by atoms with E-state index in [1.54, 1.807) is 14.2 Å². The number of rotatable bonds is 4. The van der Waals surface area contributed by atoms with E-state index >= 15 is 0 Å². The first-order chi connectivity index (χ1) is 8.21. The summed E-state index contributed by atoms with van der Waals surface area (Å²) in [5.41, 5.74) is 6.67. The lowest BCUT2D eigenvalue weighted by Crippen LogP contribution is -2.16. The van der Waals surface area contributed by atoms with Crippen molar-refractivity contribution in [2.24, 2.45) is 5.73 Å². The molecule has 1 unspecified atom stereocenters. The van der Waals surface area contributed by atoms with Crippen molar-refractivity contribution in [3.63, 3.8) is 0 Å². The predicted molar refractivity (Wildman–Crippen MR) is 69.3 cm³/mol. The molecule has 0 aliphatic heterocycles. The lowest BCUT2D eigenvalue weighted by Gasteiger charge is -2.06. The van der Waals surface area contributed by atoms with Crippen molar-refractivity contribution in [3.8, 4) is 23.3 Å². The summed E-state index contributed by atoms with van der Waals surface area (Å²) in [7, 11) is 3.24. The fraction of sp³-hybridized carbons (Fsp3) is 0.429. The summed E-state index contributed by atoms with van der Waals surface area (Å²) in [6.45, 7) is 2.09. The molecule has 3 nitrogen and oxygen atoms in total. The largest absolute Gasteiger partial charge is 0.497 e. The van der Waals surface area contributed by atoms with Gasteiger partial charge in [0, 0.05) is 6.07 Å². The standard InChI is InChI=1S/C14H19NO2/c1-4-5-12(15)8-6-11-7-9-13(16-2)10-14(11)17-3/h7,9-10,12H,4-5,15H2,1-3H3. The predicted octanol–water partition coefficient (Wildman–Crippen LogP) is 2.18. The van der Waals surface area contributed by atoms with Crippen molar-refractivity contribution in [2.45, 2.75) is 25.8 Å². The second-order valence-corrected chi connectivity index (χ2v) is 3.73. The van der Waals surface area contributed by atoms with Gasteiger partial charge in [-0.1, -0.05) is 25.2 Å². The van der Waals surface area contributed by atoms with E-state index in [1.165, 1.54) is 0 Å². The van der Waals surface area contributed by atoms with E-state index in [4.69, 9.17) is 15.2 Å². The van der Waals surface area contributed by atoms with E-state index in [0.29, 0.717) is 5.75 Å². The van der Waals surface area contributed by atoms with Crippen LogP contribution in [0.15, 0.2) is 18.2 Å². The third-order valence-corrected chi connectivity index (χ3v) is 2.40. The summed E-state index contributed by atoms with van der Waals surface area (Å²) >= 11 is 0. The number of nitrogens with two attached hydrogens (primary N) is 1. The van der Waals surface area contributed by atoms with Gasteiger partial charge in [-0.25, -0.2) is 0 Å². The molecule has 0 aliphatic rings. The summed E-state index contributed by atoms with van der Waals surface area (Å²) in [5.74, 6) is 7.53. The lowest BCUT2D eigenvalue weighted by molar-refractivity contribution is 0.393. The van der Waals surface area contributed by atoms with Crippen LogP contribution in [-0.2, 0) is 0 Å². The molecule has 17 heavy (non-hydrogen) atoms. The Morgan fingerprint density at radius 2 is 2.06 bits per heavy atom. The fourth-order valence-electron chi connectivity index (χ4n) is 1.46. The summed E-state index contributed by atoms with van der Waals surface area (Å²) in [5, 5.41) is 0. The molecule has 0 heterocycles. The molecule has 0 spiro atoms. The third kappa shape index (κ3) is 4.01. The first kappa shape index (κ1) is 13.4. The Labute approximate surface area is 103 Å². The third-order valence-electron chi connectivity index (χ3n) is 2.40. The molecule has 1 atom stereocenters. The highest BCUT2D eigenvalue weighted by atomic mass is 16.5. The van der Waals surface area contributed by atoms with Crippen molar-refractivity contribution in [2.75, 3.05) is 14.2 Å². The Morgan fingerprint density at radius 3 is 2.65 bits per heavy atom. The van der Waals surface area contributed by atoms with Gasteiger partial charge in [-0.15, -0.1) is 0 Å². The van der Waals surface area contributed by atoms with Gasteiger partial charge in [-0.2, -0.15) is 0 Å². The summed E-state index contributed by atoms with van der Waals surface area (Å²) in [4.78, 5) is 0. The topological polar surface area (TPSA) is 44.5 Å². The maximum Gasteiger partial charge on any atom is 0.138 e. The van der Waals surface area contributed by atoms with Gasteiger partial charge in [0.2, 0.25) is 0 Å². The van der Waals surface area contributed by atoms with Gasteiger partial charge in [-0.05, 0) is 18.6 Å². The summed E-state index contributed by atoms with van der Waals surface area (Å²) in [6, 6.07) is 5.48. The Morgan fingerprint density at radius 1 is 1.29 bits per heavy atom. The van der Waals surface area contributed by atoms with Gasteiger partial charge in [0.25, 0.3) is 0 Å². The summed E-state index contributed by atoms with van der Waals surface area (Å²) in [6.07, 6.45) is 1.95. The first-order valence-corrected chi connectivity index (χ1v) is 5.70. The molecule has 0 saturated carbocycles. The maximum atomic E-state index is 5.84. The molecule has 0 amide bonds. The van der Waals surface area contributed by atoms with Crippen LogP contribution < -0.4 is 15.2 Å². The van der Waals surface area contributed by atoms with Crippen molar-refractivity contribution >= 4 is 0 Å². The molecule has 0 bridgehead atoms. The van der Waals surface area contributed by atoms with E-state index in [-0.39, 0.29) is 6.04 Å². The highest BCUT2D eigenvalue weighted by molar-refractivity contribution is 5.50. The molecule has 2 N–H and O–H groups in total. The monoisotopic (exact) mass is 233 g/mol. The van der Waals surface area contributed by atoms with Crippen molar-refractivity contribution in [1.29, 1.82) is 0 Å². The minimum Gasteiger partial charge on any atom is -0.497 e. The Balaban J connectivity index is 2.90. The van der Waals surface area contributed by atoms with Crippen LogP contribution in [0.25, 0.3) is 0 Å². The number of hydrogen-bond acceptors (Lipinski definition) is 3. The van der Waals surface area contributed by atoms with Crippen LogP contribution in [0.3, 0.4) is 0 Å². The van der Waals surface area contributed by atoms with Crippen molar-refractivity contribution in [3.05, 3.63) is 23.8 Å². The zero-order valence-electron chi connectivity index (χ0n) is 10.6. The van der Waals surface area contributed by atoms with Gasteiger partial charge < -0.3 is 15.2 Å². The number of ether oxygens (including phenoxy) is 2. The average molecular weight is 233 g/mol. The molecular weight excluding hydrogens is 214 g/mol. The van der Waals surface area contributed by atoms with Crippen molar-refractivity contribution in [1.82, 2.24) is 0 Å². The Hall–Kier alpha value is -1.66. The molecular formula is C14H19NO2. The fourth-order valence-corrected chi connectivity index (χ4v) is 1.46. The molecule has 1 aromatic carbocycles. The van der Waals surface area contributed by atoms with E-state index in [0.717, 1.165) is 24.2 Å². The molecule has 1 aromatic rings. The second kappa shape index (κ2) is 6.82. The zero-order chi connectivity index (χ0) is 12.7. The molecule has 0 aromatic heterocycles. The van der Waals surface area contributed by atoms with Crippen LogP contribution in [0.1, 0.15) is 25.3 Å². The highest BCUT2D eigenvalue weighted by Crippen LogP contribution is 2.23. The molecule has 0 aliphatic carbocycles. The minimum atomic E-state index is -0.0770. The second-order valence-electron chi connectivity index (χ2n) is 3.73. The maximum absolute atomic E-state index is 5.84. The highest BCUT2D eigenvalue weighted by Gasteiger charge is 2.02. The van der Waals surface area contributed by atoms with E-state index < -0.39 is 0 Å². The summed E-state index contributed by atoms with van der Waals surface area (Å²) < 4.78 is 10.4. The quantitative estimate of drug-likeness (QED) is 0.811. The first-order valence-electron chi connectivity index (χ1n) is 5.70. The van der Waals surface area contributed by atoms with Crippen LogP contribution >= 0.6 is 0 Å². The Bertz CT molecular complexity index is 418. The van der Waals surface area contributed by atoms with E-state index in [2.05, 4.69) is 18.8 Å². The van der Waals surface area contributed by atoms with Crippen LogP contribution in [0.4, 0.5) is 0 Å². The SMILES string of the molecule is CCCC(N)C#Cc1ccc(OC)cc1OC. The number of hydrogen-bond donors (Lipinski definition) is 1. The normalized spacial score (nSPS) is 11.3. The van der Waals surface area contributed by atoms with Gasteiger partial charge in [0.1, 0.15) is 11.5 Å². The van der Waals surface area contributed by atoms with E-state index in [9.17, 15) is 0 Å². The molecule has 0 saturated heterocycles. The molecule has 0 fully saturated rings. The van der Waals surface area contributed by atoms with Gasteiger partial charge >= 0.3 is 0 Å². The smallest absolute Gasteiger partial charge is 0.138 e.